The van der Waals surface area contributed by atoms with Crippen LogP contribution in [0.25, 0.3) is 0 Å². The minimum atomic E-state index is 0.00443. The Kier molecular flexibility index (Phi) is 4.30. The zero-order chi connectivity index (χ0) is 16.4. The van der Waals surface area contributed by atoms with E-state index in [1.807, 2.05) is 30.3 Å². The summed E-state index contributed by atoms with van der Waals surface area (Å²) in [5, 5.41) is 11.3. The van der Waals surface area contributed by atoms with Crippen molar-refractivity contribution < 1.29 is 9.21 Å². The highest BCUT2D eigenvalue weighted by molar-refractivity contribution is 5.92. The average molecular weight is 326 g/mol. The number of anilines is 1. The molecule has 6 heteroatoms. The van der Waals surface area contributed by atoms with E-state index in [-0.39, 0.29) is 11.8 Å². The molecule has 1 saturated heterocycles. The van der Waals surface area contributed by atoms with Crippen LogP contribution in [0.2, 0.25) is 0 Å². The molecule has 2 aliphatic rings. The molecule has 6 nitrogen and oxygen atoms in total. The van der Waals surface area contributed by atoms with E-state index in [0.717, 1.165) is 50.4 Å². The normalized spacial score (nSPS) is 21.6. The maximum atomic E-state index is 12.5. The van der Waals surface area contributed by atoms with Gasteiger partial charge in [0.1, 0.15) is 0 Å². The summed E-state index contributed by atoms with van der Waals surface area (Å²) >= 11 is 0. The van der Waals surface area contributed by atoms with E-state index < -0.39 is 0 Å². The molecule has 0 spiro atoms. The highest BCUT2D eigenvalue weighted by atomic mass is 16.4. The van der Waals surface area contributed by atoms with Crippen molar-refractivity contribution in [2.24, 2.45) is 5.92 Å². The van der Waals surface area contributed by atoms with Gasteiger partial charge in [0.2, 0.25) is 17.7 Å². The van der Waals surface area contributed by atoms with Gasteiger partial charge in [0.15, 0.2) is 0 Å². The number of amides is 1. The summed E-state index contributed by atoms with van der Waals surface area (Å²) in [5.74, 6) is 2.03. The van der Waals surface area contributed by atoms with Gasteiger partial charge in [-0.05, 0) is 44.4 Å². The molecule has 1 aromatic heterocycles. The number of hydrogen-bond donors (Lipinski definition) is 1. The minimum absolute atomic E-state index is 0.00443. The van der Waals surface area contributed by atoms with Gasteiger partial charge in [-0.15, -0.1) is 10.2 Å². The summed E-state index contributed by atoms with van der Waals surface area (Å²) in [6, 6.07) is 9.62. The molecular weight excluding hydrogens is 304 g/mol. The van der Waals surface area contributed by atoms with E-state index in [1.54, 1.807) is 0 Å². The molecule has 1 unspecified atom stereocenters. The van der Waals surface area contributed by atoms with E-state index in [4.69, 9.17) is 4.42 Å². The van der Waals surface area contributed by atoms with Crippen LogP contribution in [0, 0.1) is 5.92 Å². The first kappa shape index (κ1) is 15.3. The van der Waals surface area contributed by atoms with Gasteiger partial charge < -0.3 is 9.73 Å². The van der Waals surface area contributed by atoms with Crippen LogP contribution < -0.4 is 5.32 Å². The SMILES string of the molecule is O=C(Nc1ccccc1)C1CCCN(Cc2nnc(C3CC3)o2)C1. The first-order chi connectivity index (χ1) is 11.8. The molecule has 1 aliphatic carbocycles. The molecule has 2 heterocycles. The molecular formula is C18H22N4O2. The molecule has 1 aliphatic heterocycles. The van der Waals surface area contributed by atoms with E-state index in [0.29, 0.717) is 18.4 Å². The number of carbonyl (C=O) groups is 1. The first-order valence-corrected chi connectivity index (χ1v) is 8.68. The Labute approximate surface area is 141 Å². The number of nitrogens with one attached hydrogen (secondary N) is 1. The zero-order valence-corrected chi connectivity index (χ0v) is 13.6. The number of piperidine rings is 1. The Morgan fingerprint density at radius 2 is 2.04 bits per heavy atom. The predicted octanol–water partition coefficient (Wildman–Crippen LogP) is 2.80. The third-order valence-corrected chi connectivity index (χ3v) is 4.69. The highest BCUT2D eigenvalue weighted by Crippen LogP contribution is 2.39. The molecule has 0 radical (unpaired) electrons. The van der Waals surface area contributed by atoms with E-state index >= 15 is 0 Å². The summed E-state index contributed by atoms with van der Waals surface area (Å²) in [4.78, 5) is 14.7. The van der Waals surface area contributed by atoms with Crippen LogP contribution in [0.15, 0.2) is 34.7 Å². The Bertz CT molecular complexity index is 696. The number of hydrogen-bond acceptors (Lipinski definition) is 5. The van der Waals surface area contributed by atoms with Crippen molar-refractivity contribution in [1.82, 2.24) is 15.1 Å². The third-order valence-electron chi connectivity index (χ3n) is 4.69. The van der Waals surface area contributed by atoms with Crippen molar-refractivity contribution in [2.75, 3.05) is 18.4 Å². The molecule has 1 amide bonds. The number of likely N-dealkylation sites (tertiary alicyclic amines) is 1. The molecule has 1 atom stereocenters. The maximum Gasteiger partial charge on any atom is 0.230 e. The standard InChI is InChI=1S/C18H22N4O2/c23-17(19-15-6-2-1-3-7-15)14-5-4-10-22(11-14)12-16-20-21-18(24-16)13-8-9-13/h1-3,6-7,13-14H,4-5,8-12H2,(H,19,23). The van der Waals surface area contributed by atoms with Gasteiger partial charge in [0.25, 0.3) is 0 Å². The third kappa shape index (κ3) is 3.64. The summed E-state index contributed by atoms with van der Waals surface area (Å²) < 4.78 is 5.74. The monoisotopic (exact) mass is 326 g/mol. The number of carbonyl (C=O) groups excluding carboxylic acids is 1. The number of aromatic nitrogens is 2. The molecule has 24 heavy (non-hydrogen) atoms. The molecule has 2 aromatic rings. The second-order valence-corrected chi connectivity index (χ2v) is 6.74. The number of nitrogens with zero attached hydrogens (tertiary/aromatic N) is 3. The van der Waals surface area contributed by atoms with Gasteiger partial charge in [0.05, 0.1) is 12.5 Å². The average Bonchev–Trinajstić information content (AvgIpc) is 3.36. The van der Waals surface area contributed by atoms with Crippen LogP contribution in [-0.2, 0) is 11.3 Å². The summed E-state index contributed by atoms with van der Waals surface area (Å²) in [5.41, 5.74) is 0.852. The second kappa shape index (κ2) is 6.73. The molecule has 2 fully saturated rings. The Hall–Kier alpha value is -2.21. The lowest BCUT2D eigenvalue weighted by Crippen LogP contribution is -2.40. The molecule has 0 bridgehead atoms. The lowest BCUT2D eigenvalue weighted by Gasteiger charge is -2.30. The molecule has 126 valence electrons. The fourth-order valence-corrected chi connectivity index (χ4v) is 3.20. The van der Waals surface area contributed by atoms with Crippen LogP contribution in [0.1, 0.15) is 43.4 Å². The van der Waals surface area contributed by atoms with Crippen molar-refractivity contribution in [3.8, 4) is 0 Å². The van der Waals surface area contributed by atoms with Crippen molar-refractivity contribution in [1.29, 1.82) is 0 Å². The molecule has 1 aromatic carbocycles. The van der Waals surface area contributed by atoms with Gasteiger partial charge in [0, 0.05) is 18.2 Å². The summed E-state index contributed by atoms with van der Waals surface area (Å²) in [6.07, 6.45) is 4.25. The largest absolute Gasteiger partial charge is 0.424 e. The number of benzene rings is 1. The van der Waals surface area contributed by atoms with Crippen LogP contribution in [0.5, 0.6) is 0 Å². The van der Waals surface area contributed by atoms with Crippen LogP contribution in [0.3, 0.4) is 0 Å². The van der Waals surface area contributed by atoms with Gasteiger partial charge in [-0.3, -0.25) is 9.69 Å². The van der Waals surface area contributed by atoms with Crippen molar-refractivity contribution >= 4 is 11.6 Å². The summed E-state index contributed by atoms with van der Waals surface area (Å²) in [6.45, 7) is 2.34. The number of para-hydroxylation sites is 1. The lowest BCUT2D eigenvalue weighted by molar-refractivity contribution is -0.121. The quantitative estimate of drug-likeness (QED) is 0.915. The van der Waals surface area contributed by atoms with Crippen molar-refractivity contribution in [3.05, 3.63) is 42.1 Å². The fourth-order valence-electron chi connectivity index (χ4n) is 3.20. The van der Waals surface area contributed by atoms with Gasteiger partial charge in [-0.1, -0.05) is 18.2 Å². The Morgan fingerprint density at radius 1 is 1.21 bits per heavy atom. The Balaban J connectivity index is 1.33. The predicted molar refractivity (Wildman–Crippen MR) is 89.3 cm³/mol. The van der Waals surface area contributed by atoms with Crippen LogP contribution in [0.4, 0.5) is 5.69 Å². The number of rotatable bonds is 5. The maximum absolute atomic E-state index is 12.5. The molecule has 4 rings (SSSR count). The van der Waals surface area contributed by atoms with Crippen LogP contribution >= 0.6 is 0 Å². The van der Waals surface area contributed by atoms with Gasteiger partial charge in [-0.2, -0.15) is 0 Å². The van der Waals surface area contributed by atoms with E-state index in [9.17, 15) is 4.79 Å². The van der Waals surface area contributed by atoms with Crippen molar-refractivity contribution in [3.63, 3.8) is 0 Å². The van der Waals surface area contributed by atoms with E-state index in [1.165, 1.54) is 0 Å². The smallest absolute Gasteiger partial charge is 0.230 e. The zero-order valence-electron chi connectivity index (χ0n) is 13.6. The van der Waals surface area contributed by atoms with Gasteiger partial charge in [-0.25, -0.2) is 0 Å². The minimum Gasteiger partial charge on any atom is -0.424 e. The topological polar surface area (TPSA) is 71.3 Å². The molecule has 1 N–H and O–H groups in total. The summed E-state index contributed by atoms with van der Waals surface area (Å²) in [7, 11) is 0. The van der Waals surface area contributed by atoms with Crippen molar-refractivity contribution in [2.45, 2.75) is 38.1 Å². The fraction of sp³-hybridized carbons (Fsp3) is 0.500. The van der Waals surface area contributed by atoms with E-state index in [2.05, 4.69) is 20.4 Å². The first-order valence-electron chi connectivity index (χ1n) is 8.68. The Morgan fingerprint density at radius 3 is 2.83 bits per heavy atom. The second-order valence-electron chi connectivity index (χ2n) is 6.74. The lowest BCUT2D eigenvalue weighted by atomic mass is 9.97. The van der Waals surface area contributed by atoms with Gasteiger partial charge >= 0.3 is 0 Å². The molecule has 1 saturated carbocycles. The van der Waals surface area contributed by atoms with Crippen LogP contribution in [-0.4, -0.2) is 34.1 Å². The highest BCUT2D eigenvalue weighted by Gasteiger charge is 2.30.